The lowest BCUT2D eigenvalue weighted by Crippen LogP contribution is -3.00. The summed E-state index contributed by atoms with van der Waals surface area (Å²) < 4.78 is 6.23. The number of rotatable bonds is 2. The predicted molar refractivity (Wildman–Crippen MR) is 82.2 cm³/mol. The Kier molecular flexibility index (Phi) is 6.46. The van der Waals surface area contributed by atoms with E-state index in [4.69, 9.17) is 4.74 Å². The molecule has 1 aromatic carbocycles. The number of hydrogen-bond donors (Lipinski definition) is 0. The molecule has 0 N–H and O–H groups in total. The summed E-state index contributed by atoms with van der Waals surface area (Å²) in [5.41, 5.74) is 2.37. The summed E-state index contributed by atoms with van der Waals surface area (Å²) in [6.07, 6.45) is 3.14. The summed E-state index contributed by atoms with van der Waals surface area (Å²) in [4.78, 5) is 13.9. The number of amides is 1. The van der Waals surface area contributed by atoms with Crippen molar-refractivity contribution in [2.24, 2.45) is 0 Å². The topological polar surface area (TPSA) is 29.5 Å². The van der Waals surface area contributed by atoms with Crippen molar-refractivity contribution in [1.29, 1.82) is 0 Å². The van der Waals surface area contributed by atoms with Crippen LogP contribution in [-0.4, -0.2) is 45.2 Å². The van der Waals surface area contributed by atoms with Crippen LogP contribution in [0.1, 0.15) is 24.8 Å². The number of carbonyl (C=O) groups is 1. The van der Waals surface area contributed by atoms with Gasteiger partial charge >= 0.3 is 6.09 Å². The van der Waals surface area contributed by atoms with Crippen LogP contribution >= 0.6 is 0 Å². The zero-order valence-electron chi connectivity index (χ0n) is 13.4. The molecular weight excluding hydrogens is 379 g/mol. The number of benzene rings is 1. The standard InChI is InChI=1S/C16H25N2O2.HI/c1-13-8-9-14(12-15(13)18(2,3)4)20-16(19)17-10-6-5-7-11-17;/h8-9,12H,5-7,10-11H2,1-4H3;1H/q+1;/p-1. The minimum absolute atomic E-state index is 0. The minimum atomic E-state index is -0.221. The highest BCUT2D eigenvalue weighted by molar-refractivity contribution is 5.71. The summed E-state index contributed by atoms with van der Waals surface area (Å²) in [6.45, 7) is 3.70. The van der Waals surface area contributed by atoms with Gasteiger partial charge in [-0.25, -0.2) is 4.79 Å². The minimum Gasteiger partial charge on any atom is -1.00 e. The second-order valence-electron chi connectivity index (χ2n) is 6.38. The van der Waals surface area contributed by atoms with Crippen LogP contribution in [0, 0.1) is 6.92 Å². The van der Waals surface area contributed by atoms with Crippen LogP contribution in [0.15, 0.2) is 18.2 Å². The van der Waals surface area contributed by atoms with Crippen LogP contribution in [0.5, 0.6) is 5.75 Å². The first-order valence-corrected chi connectivity index (χ1v) is 7.27. The van der Waals surface area contributed by atoms with Crippen molar-refractivity contribution < 1.29 is 33.5 Å². The Morgan fingerprint density at radius 1 is 1.14 bits per heavy atom. The molecule has 1 heterocycles. The zero-order valence-corrected chi connectivity index (χ0v) is 15.5. The SMILES string of the molecule is Cc1ccc(OC(=O)N2CCCCC2)cc1[N+](C)(C)C.[I-]. The van der Waals surface area contributed by atoms with E-state index in [1.165, 1.54) is 12.0 Å². The monoisotopic (exact) mass is 404 g/mol. The highest BCUT2D eigenvalue weighted by Crippen LogP contribution is 2.27. The van der Waals surface area contributed by atoms with Gasteiger partial charge in [0.2, 0.25) is 0 Å². The molecule has 0 unspecified atom stereocenters. The maximum Gasteiger partial charge on any atom is 0.415 e. The lowest BCUT2D eigenvalue weighted by molar-refractivity contribution is -0.0000104. The largest absolute Gasteiger partial charge is 1.00 e. The molecule has 0 aliphatic carbocycles. The van der Waals surface area contributed by atoms with E-state index in [1.54, 1.807) is 4.90 Å². The van der Waals surface area contributed by atoms with Crippen LogP contribution in [0.3, 0.4) is 0 Å². The first kappa shape index (κ1) is 18.2. The molecule has 5 heteroatoms. The number of nitrogens with zero attached hydrogens (tertiary/aromatic N) is 2. The predicted octanol–water partition coefficient (Wildman–Crippen LogP) is 0.180. The zero-order chi connectivity index (χ0) is 14.8. The van der Waals surface area contributed by atoms with Gasteiger partial charge in [0, 0.05) is 24.7 Å². The molecule has 0 radical (unpaired) electrons. The molecule has 1 fully saturated rings. The first-order valence-electron chi connectivity index (χ1n) is 7.27. The van der Waals surface area contributed by atoms with Crippen molar-refractivity contribution in [3.8, 4) is 5.75 Å². The molecular formula is C16H25IN2O2. The van der Waals surface area contributed by atoms with E-state index in [0.717, 1.165) is 31.6 Å². The summed E-state index contributed by atoms with van der Waals surface area (Å²) in [5.74, 6) is 0.634. The van der Waals surface area contributed by atoms with Crippen LogP contribution in [0.25, 0.3) is 0 Å². The van der Waals surface area contributed by atoms with Gasteiger partial charge in [-0.3, -0.25) is 4.48 Å². The van der Waals surface area contributed by atoms with E-state index in [9.17, 15) is 4.79 Å². The first-order chi connectivity index (χ1) is 9.38. The Bertz CT molecular complexity index is 492. The normalized spacial score (nSPS) is 15.3. The molecule has 0 aromatic heterocycles. The molecule has 0 saturated carbocycles. The van der Waals surface area contributed by atoms with Crippen LogP contribution in [0.2, 0.25) is 0 Å². The van der Waals surface area contributed by atoms with Gasteiger partial charge in [0.25, 0.3) is 0 Å². The molecule has 0 bridgehead atoms. The van der Waals surface area contributed by atoms with Crippen molar-refractivity contribution >= 4 is 11.8 Å². The Morgan fingerprint density at radius 2 is 1.76 bits per heavy atom. The van der Waals surface area contributed by atoms with Gasteiger partial charge in [0.05, 0.1) is 21.1 Å². The summed E-state index contributed by atoms with van der Waals surface area (Å²) >= 11 is 0. The van der Waals surface area contributed by atoms with Gasteiger partial charge in [-0.2, -0.15) is 0 Å². The van der Waals surface area contributed by atoms with Crippen molar-refractivity contribution in [2.45, 2.75) is 26.2 Å². The van der Waals surface area contributed by atoms with Gasteiger partial charge in [-0.1, -0.05) is 0 Å². The van der Waals surface area contributed by atoms with E-state index < -0.39 is 0 Å². The number of hydrogen-bond acceptors (Lipinski definition) is 2. The van der Waals surface area contributed by atoms with Crippen LogP contribution in [-0.2, 0) is 0 Å². The molecule has 1 aliphatic rings. The van der Waals surface area contributed by atoms with E-state index in [0.29, 0.717) is 10.2 Å². The molecule has 21 heavy (non-hydrogen) atoms. The number of quaternary nitrogens is 1. The fourth-order valence-electron chi connectivity index (χ4n) is 2.62. The molecule has 1 aromatic rings. The fraction of sp³-hybridized carbons (Fsp3) is 0.562. The maximum atomic E-state index is 12.1. The molecule has 0 spiro atoms. The number of aryl methyl sites for hydroxylation is 1. The van der Waals surface area contributed by atoms with Crippen LogP contribution < -0.4 is 33.2 Å². The van der Waals surface area contributed by atoms with E-state index in [-0.39, 0.29) is 30.1 Å². The number of likely N-dealkylation sites (tertiary alicyclic amines) is 1. The second kappa shape index (κ2) is 7.45. The highest BCUT2D eigenvalue weighted by atomic mass is 127. The lowest BCUT2D eigenvalue weighted by atomic mass is 10.1. The van der Waals surface area contributed by atoms with E-state index >= 15 is 0 Å². The van der Waals surface area contributed by atoms with E-state index in [1.807, 2.05) is 18.2 Å². The summed E-state index contributed by atoms with van der Waals surface area (Å²) in [5, 5.41) is 0. The molecule has 1 aliphatic heterocycles. The molecule has 0 atom stereocenters. The maximum absolute atomic E-state index is 12.1. The average molecular weight is 404 g/mol. The van der Waals surface area contributed by atoms with Crippen molar-refractivity contribution in [3.63, 3.8) is 0 Å². The molecule has 2 rings (SSSR count). The Morgan fingerprint density at radius 3 is 2.33 bits per heavy atom. The third-order valence-corrected chi connectivity index (χ3v) is 3.72. The third kappa shape index (κ3) is 4.85. The fourth-order valence-corrected chi connectivity index (χ4v) is 2.62. The van der Waals surface area contributed by atoms with Crippen molar-refractivity contribution in [1.82, 2.24) is 9.38 Å². The Hall–Kier alpha value is -0.820. The molecule has 1 saturated heterocycles. The second-order valence-corrected chi connectivity index (χ2v) is 6.38. The Labute approximate surface area is 144 Å². The summed E-state index contributed by atoms with van der Waals surface area (Å²) in [6, 6.07) is 5.85. The highest BCUT2D eigenvalue weighted by Gasteiger charge is 2.21. The quantitative estimate of drug-likeness (QED) is 0.520. The third-order valence-electron chi connectivity index (χ3n) is 3.72. The smallest absolute Gasteiger partial charge is 0.415 e. The average Bonchev–Trinajstić information content (AvgIpc) is 2.40. The van der Waals surface area contributed by atoms with Gasteiger partial charge in [-0.15, -0.1) is 0 Å². The van der Waals surface area contributed by atoms with Gasteiger partial charge < -0.3 is 33.6 Å². The Balaban J connectivity index is 0.00000220. The van der Waals surface area contributed by atoms with Crippen molar-refractivity contribution in [2.75, 3.05) is 34.2 Å². The van der Waals surface area contributed by atoms with Crippen molar-refractivity contribution in [3.05, 3.63) is 23.8 Å². The number of piperidine rings is 1. The summed E-state index contributed by atoms with van der Waals surface area (Å²) in [7, 11) is 6.33. The van der Waals surface area contributed by atoms with Gasteiger partial charge in [0.15, 0.2) is 0 Å². The van der Waals surface area contributed by atoms with Crippen LogP contribution in [0.4, 0.5) is 10.5 Å². The number of halogens is 1. The van der Waals surface area contributed by atoms with Gasteiger partial charge in [0.1, 0.15) is 11.4 Å². The number of carbonyl (C=O) groups excluding carboxylic acids is 1. The van der Waals surface area contributed by atoms with Gasteiger partial charge in [-0.05, 0) is 38.3 Å². The molecule has 1 amide bonds. The van der Waals surface area contributed by atoms with E-state index in [2.05, 4.69) is 28.1 Å². The number of ether oxygens (including phenoxy) is 1. The molecule has 118 valence electrons. The lowest BCUT2D eigenvalue weighted by Gasteiger charge is -2.27. The molecule has 4 nitrogen and oxygen atoms in total.